The minimum Gasteiger partial charge on any atom is -0.362 e. The van der Waals surface area contributed by atoms with Crippen LogP contribution in [0.5, 0.6) is 0 Å². The number of anilines is 2. The van der Waals surface area contributed by atoms with Gasteiger partial charge in [0.25, 0.3) is 0 Å². The van der Waals surface area contributed by atoms with E-state index in [2.05, 4.69) is 74.9 Å². The van der Waals surface area contributed by atoms with Crippen molar-refractivity contribution in [2.45, 2.75) is 64.0 Å². The van der Waals surface area contributed by atoms with Crippen LogP contribution in [0.3, 0.4) is 0 Å². The molecule has 2 aromatic heterocycles. The third kappa shape index (κ3) is 5.19. The van der Waals surface area contributed by atoms with Crippen LogP contribution in [0.2, 0.25) is 0 Å². The second kappa shape index (κ2) is 10.0. The second-order valence-corrected chi connectivity index (χ2v) is 10.8. The quantitative estimate of drug-likeness (QED) is 0.395. The zero-order chi connectivity index (χ0) is 22.8. The number of aromatic amines is 1. The molecule has 0 atom stereocenters. The van der Waals surface area contributed by atoms with Crippen LogP contribution in [0.1, 0.15) is 55.3 Å². The summed E-state index contributed by atoms with van der Waals surface area (Å²) in [6, 6.07) is 6.89. The lowest BCUT2D eigenvalue weighted by molar-refractivity contribution is 0.324. The predicted octanol–water partition coefficient (Wildman–Crippen LogP) is 5.43. The smallest absolute Gasteiger partial charge is 0.225 e. The van der Waals surface area contributed by atoms with Gasteiger partial charge >= 0.3 is 0 Å². The van der Waals surface area contributed by atoms with Crippen molar-refractivity contribution >= 4 is 38.6 Å². The molecule has 6 nitrogen and oxygen atoms in total. The largest absolute Gasteiger partial charge is 0.362 e. The second-order valence-electron chi connectivity index (χ2n) is 9.89. The zero-order valence-electron chi connectivity index (χ0n) is 19.8. The predicted molar refractivity (Wildman–Crippen MR) is 140 cm³/mol. The van der Waals surface area contributed by atoms with Gasteiger partial charge in [-0.25, -0.2) is 4.98 Å². The number of aryl methyl sites for hydroxylation is 1. The third-order valence-electron chi connectivity index (χ3n) is 7.24. The molecule has 3 N–H and O–H groups in total. The van der Waals surface area contributed by atoms with E-state index < -0.39 is 0 Å². The molecule has 2 heterocycles. The lowest BCUT2D eigenvalue weighted by Crippen LogP contribution is -2.32. The minimum absolute atomic E-state index is 0.476. The maximum atomic E-state index is 4.91. The Morgan fingerprint density at radius 1 is 1.09 bits per heavy atom. The Bertz CT molecular complexity index is 1100. The van der Waals surface area contributed by atoms with Gasteiger partial charge in [-0.05, 0) is 87.6 Å². The Hall–Kier alpha value is -2.12. The highest BCUT2D eigenvalue weighted by Crippen LogP contribution is 2.30. The molecule has 0 aliphatic heterocycles. The van der Waals surface area contributed by atoms with E-state index in [-0.39, 0.29) is 0 Å². The molecule has 0 bridgehead atoms. The summed E-state index contributed by atoms with van der Waals surface area (Å²) in [5, 5.41) is 8.67. The van der Waals surface area contributed by atoms with Gasteiger partial charge in [0.05, 0.1) is 5.69 Å². The molecule has 2 aliphatic rings. The molecule has 0 amide bonds. The van der Waals surface area contributed by atoms with Gasteiger partial charge in [-0.2, -0.15) is 4.98 Å². The molecule has 1 fully saturated rings. The van der Waals surface area contributed by atoms with Crippen LogP contribution in [0.25, 0.3) is 10.9 Å². The van der Waals surface area contributed by atoms with Crippen molar-refractivity contribution in [1.82, 2.24) is 20.3 Å². The standard InChI is InChI=1S/C26H35BrN6/c1-33(2)25-21-5-3-4-6-24(21)31-26(32-25)30-20-10-7-17(8-11-20)14-28-15-18-16-29-23-12-9-19(27)13-22(18)23/h9,12-13,16-17,20,28-29H,3-8,10-11,14-15H2,1-2H3,(H,30,31,32)/t17-,20+. The maximum absolute atomic E-state index is 4.91. The van der Waals surface area contributed by atoms with Gasteiger partial charge in [-0.3, -0.25) is 0 Å². The normalized spacial score (nSPS) is 20.6. The van der Waals surface area contributed by atoms with Crippen LogP contribution in [0.15, 0.2) is 28.9 Å². The number of hydrogen-bond donors (Lipinski definition) is 3. The first-order valence-electron chi connectivity index (χ1n) is 12.4. The molecule has 1 aromatic carbocycles. The average Bonchev–Trinajstić information content (AvgIpc) is 3.21. The molecule has 0 spiro atoms. The molecule has 33 heavy (non-hydrogen) atoms. The lowest BCUT2D eigenvalue weighted by Gasteiger charge is -2.30. The highest BCUT2D eigenvalue weighted by molar-refractivity contribution is 9.10. The number of hydrogen-bond acceptors (Lipinski definition) is 5. The van der Waals surface area contributed by atoms with Gasteiger partial charge in [0, 0.05) is 53.8 Å². The van der Waals surface area contributed by atoms with E-state index in [4.69, 9.17) is 9.97 Å². The van der Waals surface area contributed by atoms with E-state index in [0.29, 0.717) is 6.04 Å². The van der Waals surface area contributed by atoms with Gasteiger partial charge in [-0.15, -0.1) is 0 Å². The topological polar surface area (TPSA) is 68.9 Å². The Morgan fingerprint density at radius 3 is 2.73 bits per heavy atom. The van der Waals surface area contributed by atoms with E-state index >= 15 is 0 Å². The number of nitrogens with one attached hydrogen (secondary N) is 3. The van der Waals surface area contributed by atoms with Crippen LogP contribution >= 0.6 is 15.9 Å². The van der Waals surface area contributed by atoms with Crippen molar-refractivity contribution in [3.05, 3.63) is 45.7 Å². The van der Waals surface area contributed by atoms with Gasteiger partial charge in [0.1, 0.15) is 5.82 Å². The van der Waals surface area contributed by atoms with Crippen LogP contribution in [0, 0.1) is 5.92 Å². The van der Waals surface area contributed by atoms with Crippen LogP contribution in [-0.2, 0) is 19.4 Å². The first kappa shape index (κ1) is 22.7. The first-order valence-corrected chi connectivity index (χ1v) is 13.2. The molecular formula is C26H35BrN6. The monoisotopic (exact) mass is 510 g/mol. The summed E-state index contributed by atoms with van der Waals surface area (Å²) in [6.45, 7) is 1.98. The fraction of sp³-hybridized carbons (Fsp3) is 0.538. The zero-order valence-corrected chi connectivity index (χ0v) is 21.3. The summed E-state index contributed by atoms with van der Waals surface area (Å²) in [6.07, 6.45) is 11.7. The van der Waals surface area contributed by atoms with Crippen LogP contribution in [0.4, 0.5) is 11.8 Å². The van der Waals surface area contributed by atoms with Crippen molar-refractivity contribution < 1.29 is 0 Å². The molecule has 3 aromatic rings. The third-order valence-corrected chi connectivity index (χ3v) is 7.74. The fourth-order valence-electron chi connectivity index (χ4n) is 5.41. The summed E-state index contributed by atoms with van der Waals surface area (Å²) in [5.41, 5.74) is 5.14. The number of halogens is 1. The molecule has 1 saturated carbocycles. The number of H-pyrrole nitrogens is 1. The average molecular weight is 512 g/mol. The van der Waals surface area contributed by atoms with E-state index in [9.17, 15) is 0 Å². The van der Waals surface area contributed by atoms with Crippen molar-refractivity contribution in [3.8, 4) is 0 Å². The molecule has 176 valence electrons. The molecule has 2 aliphatic carbocycles. The highest BCUT2D eigenvalue weighted by Gasteiger charge is 2.24. The van der Waals surface area contributed by atoms with Crippen molar-refractivity contribution in [2.24, 2.45) is 5.92 Å². The number of fused-ring (bicyclic) bond motifs is 2. The molecule has 5 rings (SSSR count). The SMILES string of the molecule is CN(C)c1nc(N[C@H]2CC[C@@H](CNCc3c[nH]c4ccc(Br)cc34)CC2)nc2c1CCCC2. The van der Waals surface area contributed by atoms with Gasteiger partial charge in [0.2, 0.25) is 5.95 Å². The van der Waals surface area contributed by atoms with Gasteiger partial charge in [0.15, 0.2) is 0 Å². The number of rotatable bonds is 7. The maximum Gasteiger partial charge on any atom is 0.225 e. The summed E-state index contributed by atoms with van der Waals surface area (Å²) < 4.78 is 1.13. The fourth-order valence-corrected chi connectivity index (χ4v) is 5.77. The molecular weight excluding hydrogens is 476 g/mol. The Kier molecular flexibility index (Phi) is 6.88. The van der Waals surface area contributed by atoms with E-state index in [1.54, 1.807) is 0 Å². The Morgan fingerprint density at radius 2 is 1.91 bits per heavy atom. The number of nitrogens with zero attached hydrogens (tertiary/aromatic N) is 3. The Balaban J connectivity index is 1.12. The van der Waals surface area contributed by atoms with Crippen molar-refractivity contribution in [3.63, 3.8) is 0 Å². The summed E-state index contributed by atoms with van der Waals surface area (Å²) in [5.74, 6) is 2.66. The van der Waals surface area contributed by atoms with Gasteiger partial charge in [-0.1, -0.05) is 15.9 Å². The van der Waals surface area contributed by atoms with E-state index in [0.717, 1.165) is 48.1 Å². The van der Waals surface area contributed by atoms with E-state index in [1.807, 2.05) is 0 Å². The van der Waals surface area contributed by atoms with E-state index in [1.165, 1.54) is 66.2 Å². The molecule has 7 heteroatoms. The Labute approximate surface area is 205 Å². The molecule has 0 saturated heterocycles. The molecule has 0 unspecified atom stereocenters. The summed E-state index contributed by atoms with van der Waals surface area (Å²) in [7, 11) is 4.18. The van der Waals surface area contributed by atoms with Crippen LogP contribution in [-0.4, -0.2) is 41.6 Å². The molecule has 0 radical (unpaired) electrons. The lowest BCUT2D eigenvalue weighted by atomic mass is 9.86. The van der Waals surface area contributed by atoms with Crippen LogP contribution < -0.4 is 15.5 Å². The minimum atomic E-state index is 0.476. The van der Waals surface area contributed by atoms with Crippen molar-refractivity contribution in [2.75, 3.05) is 30.9 Å². The summed E-state index contributed by atoms with van der Waals surface area (Å²) >= 11 is 3.59. The highest BCUT2D eigenvalue weighted by atomic mass is 79.9. The van der Waals surface area contributed by atoms with Crippen molar-refractivity contribution in [1.29, 1.82) is 0 Å². The van der Waals surface area contributed by atoms with Gasteiger partial charge < -0.3 is 20.5 Å². The first-order chi connectivity index (χ1) is 16.1. The number of benzene rings is 1. The number of aromatic nitrogens is 3. The summed E-state index contributed by atoms with van der Waals surface area (Å²) in [4.78, 5) is 15.3.